The Hall–Kier alpha value is -0.0800. The van der Waals surface area contributed by atoms with Crippen LogP contribution in [0.25, 0.3) is 0 Å². The van der Waals surface area contributed by atoms with Gasteiger partial charge in [-0.2, -0.15) is 0 Å². The molecule has 0 aliphatic carbocycles. The fourth-order valence-electron chi connectivity index (χ4n) is 0.183. The lowest BCUT2D eigenvalue weighted by molar-refractivity contribution is -0.884. The molecular formula is C5H14NO+. The van der Waals surface area contributed by atoms with Crippen molar-refractivity contribution in [1.29, 1.82) is 0 Å². The minimum atomic E-state index is 0.280. The van der Waals surface area contributed by atoms with Gasteiger partial charge in [0.25, 0.3) is 0 Å². The molecule has 0 rings (SSSR count). The number of nitrogens with one attached hydrogen (secondary N) is 1. The molecule has 0 radical (unpaired) electrons. The van der Waals surface area contributed by atoms with Crippen molar-refractivity contribution in [3.8, 4) is 0 Å². The highest BCUT2D eigenvalue weighted by molar-refractivity contribution is 4.36. The molecule has 2 heteroatoms. The van der Waals surface area contributed by atoms with Crippen LogP contribution in [0.15, 0.2) is 0 Å². The molecule has 0 saturated carbocycles. The van der Waals surface area contributed by atoms with Gasteiger partial charge < -0.3 is 10.0 Å². The summed E-state index contributed by atoms with van der Waals surface area (Å²) in [5.41, 5.74) is 0. The average molecular weight is 104 g/mol. The maximum atomic E-state index is 8.48. The number of aliphatic hydroxyl groups is 1. The lowest BCUT2D eigenvalue weighted by Gasteiger charge is -2.12. The first-order valence-electron chi connectivity index (χ1n) is 2.59. The Morgan fingerprint density at radius 1 is 1.57 bits per heavy atom. The number of likely N-dealkylation sites (N-methyl/N-ethyl adjacent to an activating group) is 1. The molecule has 7 heavy (non-hydrogen) atoms. The number of aliphatic hydroxyl groups excluding tert-OH is 1. The second-order valence-corrected chi connectivity index (χ2v) is 2.16. The van der Waals surface area contributed by atoms with Gasteiger partial charge in [0.2, 0.25) is 0 Å². The topological polar surface area (TPSA) is 24.7 Å². The van der Waals surface area contributed by atoms with Crippen molar-refractivity contribution in [3.63, 3.8) is 0 Å². The molecule has 0 aromatic rings. The molecule has 0 bridgehead atoms. The van der Waals surface area contributed by atoms with Crippen LogP contribution >= 0.6 is 0 Å². The highest BCUT2D eigenvalue weighted by Gasteiger charge is 2.02. The minimum absolute atomic E-state index is 0.280. The van der Waals surface area contributed by atoms with Crippen LogP contribution in [-0.4, -0.2) is 31.9 Å². The van der Waals surface area contributed by atoms with Crippen molar-refractivity contribution in [3.05, 3.63) is 0 Å². The summed E-state index contributed by atoms with van der Waals surface area (Å²) in [4.78, 5) is 1.29. The highest BCUT2D eigenvalue weighted by atomic mass is 16.3. The monoisotopic (exact) mass is 104 g/mol. The quantitative estimate of drug-likeness (QED) is 0.438. The van der Waals surface area contributed by atoms with Gasteiger partial charge in [0.15, 0.2) is 0 Å². The van der Waals surface area contributed by atoms with Gasteiger partial charge in [-0.25, -0.2) is 0 Å². The van der Waals surface area contributed by atoms with E-state index in [0.717, 1.165) is 0 Å². The van der Waals surface area contributed by atoms with E-state index in [0.29, 0.717) is 6.04 Å². The summed E-state index contributed by atoms with van der Waals surface area (Å²) in [5, 5.41) is 8.48. The van der Waals surface area contributed by atoms with Crippen LogP contribution in [0.5, 0.6) is 0 Å². The standard InChI is InChI=1S/C5H13NO/c1-5(4-7)6(2)3/h5,7H,4H2,1-3H3/p+1/t5-/m1/s1. The lowest BCUT2D eigenvalue weighted by Crippen LogP contribution is -3.10. The third kappa shape index (κ3) is 2.60. The number of rotatable bonds is 2. The van der Waals surface area contributed by atoms with Crippen molar-refractivity contribution in [2.24, 2.45) is 0 Å². The Morgan fingerprint density at radius 3 is 2.00 bits per heavy atom. The van der Waals surface area contributed by atoms with Gasteiger partial charge in [-0.3, -0.25) is 0 Å². The van der Waals surface area contributed by atoms with E-state index in [2.05, 4.69) is 0 Å². The molecule has 2 nitrogen and oxygen atoms in total. The van der Waals surface area contributed by atoms with E-state index in [-0.39, 0.29) is 6.61 Å². The van der Waals surface area contributed by atoms with Crippen LogP contribution in [0, 0.1) is 0 Å². The molecule has 44 valence electrons. The zero-order valence-electron chi connectivity index (χ0n) is 5.23. The predicted octanol–water partition coefficient (Wildman–Crippen LogP) is -1.49. The summed E-state index contributed by atoms with van der Waals surface area (Å²) in [6.07, 6.45) is 0. The summed E-state index contributed by atoms with van der Waals surface area (Å²) in [6, 6.07) is 0.375. The molecule has 0 aromatic carbocycles. The number of hydrogen-bond acceptors (Lipinski definition) is 1. The minimum Gasteiger partial charge on any atom is -0.390 e. The summed E-state index contributed by atoms with van der Waals surface area (Å²) in [5.74, 6) is 0. The maximum Gasteiger partial charge on any atom is 0.108 e. The second-order valence-electron chi connectivity index (χ2n) is 2.16. The van der Waals surface area contributed by atoms with Gasteiger partial charge in [-0.1, -0.05) is 0 Å². The Kier molecular flexibility index (Phi) is 2.96. The van der Waals surface area contributed by atoms with Crippen LogP contribution in [0.2, 0.25) is 0 Å². The molecular weight excluding hydrogens is 90.1 g/mol. The molecule has 0 amide bonds. The smallest absolute Gasteiger partial charge is 0.108 e. The molecule has 0 heterocycles. The van der Waals surface area contributed by atoms with Gasteiger partial charge in [0, 0.05) is 0 Å². The van der Waals surface area contributed by atoms with E-state index in [4.69, 9.17) is 5.11 Å². The van der Waals surface area contributed by atoms with Gasteiger partial charge in [0.1, 0.15) is 6.04 Å². The van der Waals surface area contributed by atoms with Gasteiger partial charge in [-0.05, 0) is 6.92 Å². The highest BCUT2D eigenvalue weighted by Crippen LogP contribution is 1.63. The van der Waals surface area contributed by atoms with E-state index in [9.17, 15) is 0 Å². The fraction of sp³-hybridized carbons (Fsp3) is 1.00. The van der Waals surface area contributed by atoms with Crippen molar-refractivity contribution >= 4 is 0 Å². The molecule has 0 unspecified atom stereocenters. The van der Waals surface area contributed by atoms with Gasteiger partial charge in [-0.15, -0.1) is 0 Å². The van der Waals surface area contributed by atoms with Crippen LogP contribution in [0.3, 0.4) is 0 Å². The first-order chi connectivity index (χ1) is 3.18. The SMILES string of the molecule is C[C@H](CO)[NH+](C)C. The molecule has 2 N–H and O–H groups in total. The molecule has 0 saturated heterocycles. The Bertz CT molecular complexity index is 45.3. The molecule has 1 atom stereocenters. The molecule has 0 aliphatic rings. The third-order valence-corrected chi connectivity index (χ3v) is 1.26. The average Bonchev–Trinajstić information content (AvgIpc) is 1.65. The van der Waals surface area contributed by atoms with Crippen LogP contribution in [0.4, 0.5) is 0 Å². The predicted molar refractivity (Wildman–Crippen MR) is 29.4 cm³/mol. The molecule has 0 fully saturated rings. The Morgan fingerprint density at radius 2 is 2.00 bits per heavy atom. The van der Waals surface area contributed by atoms with Crippen LogP contribution < -0.4 is 4.90 Å². The maximum absolute atomic E-state index is 8.48. The summed E-state index contributed by atoms with van der Waals surface area (Å²) < 4.78 is 0. The van der Waals surface area contributed by atoms with Crippen molar-refractivity contribution in [2.75, 3.05) is 20.7 Å². The van der Waals surface area contributed by atoms with E-state index in [1.807, 2.05) is 21.0 Å². The summed E-state index contributed by atoms with van der Waals surface area (Å²) >= 11 is 0. The van der Waals surface area contributed by atoms with Gasteiger partial charge in [0.05, 0.1) is 20.7 Å². The van der Waals surface area contributed by atoms with Crippen molar-refractivity contribution in [1.82, 2.24) is 0 Å². The number of quaternary nitrogens is 1. The molecule has 0 aliphatic heterocycles. The van der Waals surface area contributed by atoms with Crippen LogP contribution in [0.1, 0.15) is 6.92 Å². The number of hydrogen-bond donors (Lipinski definition) is 2. The Balaban J connectivity index is 3.14. The Labute approximate surface area is 44.8 Å². The van der Waals surface area contributed by atoms with Gasteiger partial charge >= 0.3 is 0 Å². The first kappa shape index (κ1) is 6.92. The van der Waals surface area contributed by atoms with Crippen LogP contribution in [-0.2, 0) is 0 Å². The summed E-state index contributed by atoms with van der Waals surface area (Å²) in [6.45, 7) is 2.29. The van der Waals surface area contributed by atoms with E-state index < -0.39 is 0 Å². The molecule has 0 aromatic heterocycles. The third-order valence-electron chi connectivity index (χ3n) is 1.26. The first-order valence-corrected chi connectivity index (χ1v) is 2.59. The zero-order chi connectivity index (χ0) is 5.86. The normalized spacial score (nSPS) is 15.0. The summed E-state index contributed by atoms with van der Waals surface area (Å²) in [7, 11) is 4.06. The largest absolute Gasteiger partial charge is 0.390 e. The van der Waals surface area contributed by atoms with E-state index >= 15 is 0 Å². The lowest BCUT2D eigenvalue weighted by atomic mass is 10.3. The van der Waals surface area contributed by atoms with Crippen molar-refractivity contribution in [2.45, 2.75) is 13.0 Å². The molecule has 0 spiro atoms. The zero-order valence-corrected chi connectivity index (χ0v) is 5.23. The fourth-order valence-corrected chi connectivity index (χ4v) is 0.183. The van der Waals surface area contributed by atoms with E-state index in [1.165, 1.54) is 4.90 Å². The van der Waals surface area contributed by atoms with E-state index in [1.54, 1.807) is 0 Å². The second kappa shape index (κ2) is 2.99. The van der Waals surface area contributed by atoms with Crippen molar-refractivity contribution < 1.29 is 10.0 Å².